The molecule has 0 aliphatic heterocycles. The van der Waals surface area contributed by atoms with E-state index in [9.17, 15) is 4.79 Å². The second-order valence-electron chi connectivity index (χ2n) is 2.05. The Balaban J connectivity index is 2.59. The van der Waals surface area contributed by atoms with Crippen LogP contribution in [0.3, 0.4) is 0 Å². The van der Waals surface area contributed by atoms with Crippen molar-refractivity contribution in [3.8, 4) is 0 Å². The monoisotopic (exact) mass is 199 g/mol. The minimum atomic E-state index is -1.16. The summed E-state index contributed by atoms with van der Waals surface area (Å²) in [6, 6.07) is 3.18. The van der Waals surface area contributed by atoms with E-state index in [0.29, 0.717) is 10.8 Å². The zero-order valence-electron chi connectivity index (χ0n) is 6.44. The van der Waals surface area contributed by atoms with Crippen LogP contribution in [0.1, 0.15) is 0 Å². The van der Waals surface area contributed by atoms with Crippen molar-refractivity contribution in [2.45, 2.75) is 0 Å². The van der Waals surface area contributed by atoms with Crippen LogP contribution in [0.4, 0.5) is 10.5 Å². The van der Waals surface area contributed by atoms with E-state index in [0.717, 1.165) is 6.34 Å². The molecule has 0 aliphatic carbocycles. The molecular weight excluding hydrogens is 194 g/mol. The van der Waals surface area contributed by atoms with Gasteiger partial charge in [0.25, 0.3) is 0 Å². The van der Waals surface area contributed by atoms with E-state index in [4.69, 9.17) is 16.7 Å². The molecule has 1 amide bonds. The number of nitrogens with zero attached hydrogens (tertiary/aromatic N) is 2. The van der Waals surface area contributed by atoms with Crippen molar-refractivity contribution >= 4 is 29.7 Å². The van der Waals surface area contributed by atoms with Gasteiger partial charge in [-0.05, 0) is 12.1 Å². The topological polar surface area (TPSA) is 74.6 Å². The highest BCUT2D eigenvalue weighted by molar-refractivity contribution is 6.29. The van der Waals surface area contributed by atoms with E-state index < -0.39 is 6.09 Å². The molecule has 0 atom stereocenters. The van der Waals surface area contributed by atoms with Gasteiger partial charge in [-0.1, -0.05) is 11.6 Å². The van der Waals surface area contributed by atoms with Crippen molar-refractivity contribution in [3.05, 3.63) is 23.5 Å². The zero-order valence-corrected chi connectivity index (χ0v) is 7.19. The first-order chi connectivity index (χ1) is 6.18. The van der Waals surface area contributed by atoms with Crippen LogP contribution in [0.5, 0.6) is 0 Å². The van der Waals surface area contributed by atoms with Crippen molar-refractivity contribution in [3.63, 3.8) is 0 Å². The number of pyridine rings is 1. The number of carboxylic acid groups (broad SMARTS) is 1. The van der Waals surface area contributed by atoms with Crippen molar-refractivity contribution in [2.24, 2.45) is 4.99 Å². The summed E-state index contributed by atoms with van der Waals surface area (Å²) >= 11 is 5.52. The summed E-state index contributed by atoms with van der Waals surface area (Å²) in [4.78, 5) is 17.5. The standard InChI is InChI=1S/C7H6ClN3O2/c8-6-2-1-5(3-9-6)10-4-11-7(12)13/h1-4H,(H,10,11)(H,12,13). The molecule has 0 radical (unpaired) electrons. The highest BCUT2D eigenvalue weighted by Gasteiger charge is 1.90. The fourth-order valence-electron chi connectivity index (χ4n) is 0.606. The van der Waals surface area contributed by atoms with Crippen LogP contribution in [0.25, 0.3) is 0 Å². The van der Waals surface area contributed by atoms with Gasteiger partial charge in [-0.15, -0.1) is 0 Å². The first-order valence-corrected chi connectivity index (χ1v) is 3.70. The largest absolute Gasteiger partial charge is 0.465 e. The van der Waals surface area contributed by atoms with Gasteiger partial charge in [-0.3, -0.25) is 5.32 Å². The number of hydrogen-bond acceptors (Lipinski definition) is 3. The Morgan fingerprint density at radius 2 is 2.46 bits per heavy atom. The molecule has 1 rings (SSSR count). The molecule has 13 heavy (non-hydrogen) atoms. The average molecular weight is 200 g/mol. The van der Waals surface area contributed by atoms with Crippen LogP contribution in [-0.4, -0.2) is 22.5 Å². The summed E-state index contributed by atoms with van der Waals surface area (Å²) < 4.78 is 0. The minimum Gasteiger partial charge on any atom is -0.465 e. The summed E-state index contributed by atoms with van der Waals surface area (Å²) in [5, 5.41) is 10.5. The van der Waals surface area contributed by atoms with Gasteiger partial charge < -0.3 is 5.11 Å². The van der Waals surface area contributed by atoms with Crippen molar-refractivity contribution in [2.75, 3.05) is 0 Å². The van der Waals surface area contributed by atoms with E-state index in [1.54, 1.807) is 12.1 Å². The molecule has 1 heterocycles. The Bertz CT molecular complexity index is 323. The summed E-state index contributed by atoms with van der Waals surface area (Å²) in [5.41, 5.74) is 0.526. The molecule has 0 aromatic carbocycles. The molecule has 5 nitrogen and oxygen atoms in total. The number of carbonyl (C=O) groups is 1. The van der Waals surface area contributed by atoms with Crippen LogP contribution >= 0.6 is 11.6 Å². The third kappa shape index (κ3) is 3.53. The molecule has 1 aromatic heterocycles. The number of aliphatic imine (C=N–C) groups is 1. The Morgan fingerprint density at radius 1 is 1.69 bits per heavy atom. The normalized spacial score (nSPS) is 10.2. The molecule has 0 spiro atoms. The summed E-state index contributed by atoms with van der Waals surface area (Å²) in [6.07, 6.45) is 1.33. The van der Waals surface area contributed by atoms with E-state index in [1.165, 1.54) is 6.20 Å². The Kier molecular flexibility index (Phi) is 3.22. The lowest BCUT2D eigenvalue weighted by Crippen LogP contribution is -2.17. The Hall–Kier alpha value is -1.62. The predicted molar refractivity (Wildman–Crippen MR) is 48.6 cm³/mol. The number of halogens is 1. The molecule has 0 bridgehead atoms. The van der Waals surface area contributed by atoms with Crippen LogP contribution < -0.4 is 5.32 Å². The maximum absolute atomic E-state index is 10.0. The van der Waals surface area contributed by atoms with Crippen LogP contribution in [0.2, 0.25) is 5.15 Å². The van der Waals surface area contributed by atoms with Gasteiger partial charge in [0.15, 0.2) is 0 Å². The van der Waals surface area contributed by atoms with E-state index in [-0.39, 0.29) is 0 Å². The highest BCUT2D eigenvalue weighted by Crippen LogP contribution is 2.11. The van der Waals surface area contributed by atoms with Gasteiger partial charge in [0, 0.05) is 0 Å². The lowest BCUT2D eigenvalue weighted by molar-refractivity contribution is 0.200. The SMILES string of the molecule is O=C(O)NC=Nc1ccc(Cl)nc1. The molecule has 6 heteroatoms. The molecule has 0 fully saturated rings. The molecule has 2 N–H and O–H groups in total. The van der Waals surface area contributed by atoms with Crippen LogP contribution in [-0.2, 0) is 0 Å². The maximum Gasteiger partial charge on any atom is 0.409 e. The first-order valence-electron chi connectivity index (χ1n) is 3.32. The third-order valence-corrected chi connectivity index (χ3v) is 1.34. The smallest absolute Gasteiger partial charge is 0.409 e. The summed E-state index contributed by atoms with van der Waals surface area (Å²) in [6.45, 7) is 0. The number of hydrogen-bond donors (Lipinski definition) is 2. The average Bonchev–Trinajstić information content (AvgIpc) is 2.08. The number of aromatic nitrogens is 1. The molecule has 0 aliphatic rings. The lowest BCUT2D eigenvalue weighted by Gasteiger charge is -1.92. The summed E-state index contributed by atoms with van der Waals surface area (Å²) in [7, 11) is 0. The second kappa shape index (κ2) is 4.42. The van der Waals surface area contributed by atoms with Gasteiger partial charge in [-0.25, -0.2) is 14.8 Å². The third-order valence-electron chi connectivity index (χ3n) is 1.11. The quantitative estimate of drug-likeness (QED) is 0.432. The fourth-order valence-corrected chi connectivity index (χ4v) is 0.718. The van der Waals surface area contributed by atoms with Gasteiger partial charge in [0.05, 0.1) is 18.2 Å². The number of nitrogens with one attached hydrogen (secondary N) is 1. The van der Waals surface area contributed by atoms with Gasteiger partial charge in [0.1, 0.15) is 5.15 Å². The van der Waals surface area contributed by atoms with Crippen LogP contribution in [0, 0.1) is 0 Å². The minimum absolute atomic E-state index is 0.366. The Morgan fingerprint density at radius 3 is 3.00 bits per heavy atom. The zero-order chi connectivity index (χ0) is 9.68. The highest BCUT2D eigenvalue weighted by atomic mass is 35.5. The molecule has 0 saturated heterocycles. The number of rotatable bonds is 2. The summed E-state index contributed by atoms with van der Waals surface area (Å²) in [5.74, 6) is 0. The molecule has 1 aromatic rings. The Labute approximate surface area is 79.1 Å². The number of amides is 1. The molecule has 0 saturated carbocycles. The van der Waals surface area contributed by atoms with Gasteiger partial charge >= 0.3 is 6.09 Å². The van der Waals surface area contributed by atoms with E-state index in [2.05, 4.69) is 9.98 Å². The van der Waals surface area contributed by atoms with Crippen molar-refractivity contribution in [1.29, 1.82) is 0 Å². The van der Waals surface area contributed by atoms with Gasteiger partial charge in [-0.2, -0.15) is 0 Å². The molecule has 68 valence electrons. The lowest BCUT2D eigenvalue weighted by atomic mass is 10.4. The molecular formula is C7H6ClN3O2. The first kappa shape index (κ1) is 9.47. The fraction of sp³-hybridized carbons (Fsp3) is 0. The second-order valence-corrected chi connectivity index (χ2v) is 2.43. The van der Waals surface area contributed by atoms with Crippen molar-refractivity contribution < 1.29 is 9.90 Å². The van der Waals surface area contributed by atoms with E-state index >= 15 is 0 Å². The molecule has 0 unspecified atom stereocenters. The predicted octanol–water partition coefficient (Wildman–Crippen LogP) is 1.66. The maximum atomic E-state index is 10.0. The van der Waals surface area contributed by atoms with Gasteiger partial charge in [0.2, 0.25) is 0 Å². The van der Waals surface area contributed by atoms with Crippen LogP contribution in [0.15, 0.2) is 23.3 Å². The van der Waals surface area contributed by atoms with E-state index in [1.807, 2.05) is 5.32 Å². The van der Waals surface area contributed by atoms with Crippen molar-refractivity contribution in [1.82, 2.24) is 10.3 Å².